The van der Waals surface area contributed by atoms with Gasteiger partial charge in [0.15, 0.2) is 0 Å². The van der Waals surface area contributed by atoms with Gasteiger partial charge in [-0.2, -0.15) is 5.26 Å². The molecule has 0 unspecified atom stereocenters. The fourth-order valence-electron chi connectivity index (χ4n) is 1.85. The summed E-state index contributed by atoms with van der Waals surface area (Å²) in [5.41, 5.74) is 1.12. The molecule has 1 aromatic rings. The summed E-state index contributed by atoms with van der Waals surface area (Å²) >= 11 is 0. The molecule has 0 aliphatic carbocycles. The molecule has 0 atom stereocenters. The fourth-order valence-corrected chi connectivity index (χ4v) is 1.85. The van der Waals surface area contributed by atoms with Crippen LogP contribution in [0.4, 0.5) is 0 Å². The van der Waals surface area contributed by atoms with E-state index in [0.717, 1.165) is 11.3 Å². The average molecular weight is 260 g/mol. The molecule has 0 N–H and O–H groups in total. The van der Waals surface area contributed by atoms with Gasteiger partial charge in [-0.15, -0.1) is 0 Å². The molecule has 1 amide bonds. The van der Waals surface area contributed by atoms with Gasteiger partial charge in [-0.05, 0) is 31.0 Å². The van der Waals surface area contributed by atoms with Crippen LogP contribution in [0.2, 0.25) is 0 Å². The summed E-state index contributed by atoms with van der Waals surface area (Å²) in [5, 5.41) is 8.55. The molecule has 0 aromatic heterocycles. The SMILES string of the molecule is CCN(CCC#N)C(=O)CCc1ccc(OC)cc1. The van der Waals surface area contributed by atoms with Crippen molar-refractivity contribution in [1.82, 2.24) is 4.90 Å². The van der Waals surface area contributed by atoms with Gasteiger partial charge in [0.25, 0.3) is 0 Å². The van der Waals surface area contributed by atoms with Crippen LogP contribution < -0.4 is 4.74 Å². The van der Waals surface area contributed by atoms with Crippen LogP contribution in [0.5, 0.6) is 5.75 Å². The van der Waals surface area contributed by atoms with E-state index in [-0.39, 0.29) is 5.91 Å². The molecule has 0 spiro atoms. The number of nitrogens with zero attached hydrogens (tertiary/aromatic N) is 2. The number of ether oxygens (including phenoxy) is 1. The first kappa shape index (κ1) is 15.0. The number of hydrogen-bond acceptors (Lipinski definition) is 3. The van der Waals surface area contributed by atoms with E-state index in [1.54, 1.807) is 12.0 Å². The predicted octanol–water partition coefficient (Wildman–Crippen LogP) is 2.39. The number of rotatable bonds is 7. The van der Waals surface area contributed by atoms with E-state index < -0.39 is 0 Å². The Kier molecular flexibility index (Phi) is 6.45. The third-order valence-electron chi connectivity index (χ3n) is 3.01. The molecule has 1 rings (SSSR count). The highest BCUT2D eigenvalue weighted by atomic mass is 16.5. The third kappa shape index (κ3) is 5.01. The Labute approximate surface area is 114 Å². The van der Waals surface area contributed by atoms with Crippen LogP contribution >= 0.6 is 0 Å². The Hall–Kier alpha value is -2.02. The number of carbonyl (C=O) groups is 1. The molecule has 0 aliphatic heterocycles. The van der Waals surface area contributed by atoms with E-state index in [2.05, 4.69) is 6.07 Å². The molecule has 0 saturated carbocycles. The van der Waals surface area contributed by atoms with Crippen molar-refractivity contribution in [2.45, 2.75) is 26.2 Å². The lowest BCUT2D eigenvalue weighted by atomic mass is 10.1. The monoisotopic (exact) mass is 260 g/mol. The summed E-state index contributed by atoms with van der Waals surface area (Å²) in [6, 6.07) is 9.80. The van der Waals surface area contributed by atoms with Gasteiger partial charge >= 0.3 is 0 Å². The van der Waals surface area contributed by atoms with Crippen molar-refractivity contribution in [3.05, 3.63) is 29.8 Å². The van der Waals surface area contributed by atoms with Crippen molar-refractivity contribution in [1.29, 1.82) is 5.26 Å². The van der Waals surface area contributed by atoms with Crippen molar-refractivity contribution in [3.8, 4) is 11.8 Å². The zero-order valence-electron chi connectivity index (χ0n) is 11.6. The Balaban J connectivity index is 2.45. The Morgan fingerprint density at radius 1 is 1.37 bits per heavy atom. The maximum atomic E-state index is 12.0. The summed E-state index contributed by atoms with van der Waals surface area (Å²) < 4.78 is 5.09. The van der Waals surface area contributed by atoms with Crippen molar-refractivity contribution >= 4 is 5.91 Å². The number of hydrogen-bond donors (Lipinski definition) is 0. The third-order valence-corrected chi connectivity index (χ3v) is 3.01. The number of benzene rings is 1. The van der Waals surface area contributed by atoms with Gasteiger partial charge in [-0.25, -0.2) is 0 Å². The number of carbonyl (C=O) groups excluding carboxylic acids is 1. The van der Waals surface area contributed by atoms with Crippen LogP contribution in [0, 0.1) is 11.3 Å². The van der Waals surface area contributed by atoms with Crippen LogP contribution in [0.25, 0.3) is 0 Å². The van der Waals surface area contributed by atoms with E-state index >= 15 is 0 Å². The van der Waals surface area contributed by atoms with Crippen LogP contribution in [0.3, 0.4) is 0 Å². The Morgan fingerprint density at radius 3 is 2.58 bits per heavy atom. The van der Waals surface area contributed by atoms with Crippen LogP contribution in [-0.4, -0.2) is 31.0 Å². The zero-order valence-corrected chi connectivity index (χ0v) is 11.6. The highest BCUT2D eigenvalue weighted by Crippen LogP contribution is 2.13. The highest BCUT2D eigenvalue weighted by molar-refractivity contribution is 5.76. The molecule has 0 radical (unpaired) electrons. The van der Waals surface area contributed by atoms with Crippen molar-refractivity contribution < 1.29 is 9.53 Å². The summed E-state index contributed by atoms with van der Waals surface area (Å²) in [7, 11) is 1.63. The smallest absolute Gasteiger partial charge is 0.222 e. The first-order valence-corrected chi connectivity index (χ1v) is 6.49. The highest BCUT2D eigenvalue weighted by Gasteiger charge is 2.10. The summed E-state index contributed by atoms with van der Waals surface area (Å²) in [6.07, 6.45) is 1.58. The molecule has 0 aliphatic rings. The maximum absolute atomic E-state index is 12.0. The standard InChI is InChI=1S/C15H20N2O2/c1-3-17(12-4-11-16)15(18)10-7-13-5-8-14(19-2)9-6-13/h5-6,8-9H,3-4,7,10,12H2,1-2H3. The molecular weight excluding hydrogens is 240 g/mol. The molecule has 19 heavy (non-hydrogen) atoms. The van der Waals surface area contributed by atoms with Crippen LogP contribution in [0.1, 0.15) is 25.3 Å². The summed E-state index contributed by atoms with van der Waals surface area (Å²) in [6.45, 7) is 3.11. The second-order valence-corrected chi connectivity index (χ2v) is 4.23. The van der Waals surface area contributed by atoms with Gasteiger partial charge in [-0.1, -0.05) is 12.1 Å². The molecule has 102 valence electrons. The molecular formula is C15H20N2O2. The molecule has 4 heteroatoms. The quantitative estimate of drug-likeness (QED) is 0.756. The zero-order chi connectivity index (χ0) is 14.1. The lowest BCUT2D eigenvalue weighted by Crippen LogP contribution is -2.31. The minimum Gasteiger partial charge on any atom is -0.497 e. The molecule has 1 aromatic carbocycles. The molecule has 4 nitrogen and oxygen atoms in total. The van der Waals surface area contributed by atoms with Crippen molar-refractivity contribution in [3.63, 3.8) is 0 Å². The first-order valence-electron chi connectivity index (χ1n) is 6.49. The van der Waals surface area contributed by atoms with E-state index in [1.807, 2.05) is 31.2 Å². The molecule has 0 fully saturated rings. The van der Waals surface area contributed by atoms with E-state index in [4.69, 9.17) is 10.00 Å². The van der Waals surface area contributed by atoms with Gasteiger partial charge in [0.2, 0.25) is 5.91 Å². The van der Waals surface area contributed by atoms with Crippen LogP contribution in [-0.2, 0) is 11.2 Å². The molecule has 0 bridgehead atoms. The van der Waals surface area contributed by atoms with Gasteiger partial charge in [0.05, 0.1) is 19.6 Å². The molecule has 0 heterocycles. The number of amides is 1. The number of aryl methyl sites for hydroxylation is 1. The van der Waals surface area contributed by atoms with Gasteiger partial charge in [0.1, 0.15) is 5.75 Å². The normalized spacial score (nSPS) is 9.74. The van der Waals surface area contributed by atoms with Crippen LogP contribution in [0.15, 0.2) is 24.3 Å². The van der Waals surface area contributed by atoms with E-state index in [1.165, 1.54) is 0 Å². The van der Waals surface area contributed by atoms with Gasteiger partial charge in [-0.3, -0.25) is 4.79 Å². The van der Waals surface area contributed by atoms with Crippen molar-refractivity contribution in [2.24, 2.45) is 0 Å². The maximum Gasteiger partial charge on any atom is 0.222 e. The van der Waals surface area contributed by atoms with Gasteiger partial charge < -0.3 is 9.64 Å². The lowest BCUT2D eigenvalue weighted by molar-refractivity contribution is -0.130. The molecule has 0 saturated heterocycles. The van der Waals surface area contributed by atoms with E-state index in [0.29, 0.717) is 32.4 Å². The van der Waals surface area contributed by atoms with Gasteiger partial charge in [0, 0.05) is 19.5 Å². The Morgan fingerprint density at radius 2 is 2.05 bits per heavy atom. The second-order valence-electron chi connectivity index (χ2n) is 4.23. The van der Waals surface area contributed by atoms with E-state index in [9.17, 15) is 4.79 Å². The number of methoxy groups -OCH3 is 1. The van der Waals surface area contributed by atoms with Crippen molar-refractivity contribution in [2.75, 3.05) is 20.2 Å². The summed E-state index contributed by atoms with van der Waals surface area (Å²) in [4.78, 5) is 13.7. The Bertz CT molecular complexity index is 434. The predicted molar refractivity (Wildman–Crippen MR) is 73.8 cm³/mol. The average Bonchev–Trinajstić information content (AvgIpc) is 2.46. The first-order chi connectivity index (χ1) is 9.21. The number of nitriles is 1. The lowest BCUT2D eigenvalue weighted by Gasteiger charge is -2.19. The minimum atomic E-state index is 0.105. The second kappa shape index (κ2) is 8.15. The topological polar surface area (TPSA) is 53.3 Å². The minimum absolute atomic E-state index is 0.105. The summed E-state index contributed by atoms with van der Waals surface area (Å²) in [5.74, 6) is 0.924. The largest absolute Gasteiger partial charge is 0.497 e. The fraction of sp³-hybridized carbons (Fsp3) is 0.467.